The summed E-state index contributed by atoms with van der Waals surface area (Å²) in [4.78, 5) is 29.3. The molecule has 29 heavy (non-hydrogen) atoms. The van der Waals surface area contributed by atoms with Crippen LogP contribution in [0.3, 0.4) is 0 Å². The van der Waals surface area contributed by atoms with Gasteiger partial charge in [-0.2, -0.15) is 0 Å². The standard InChI is InChI=1S/C20H24Cl2N2O3S2/c1-11(18(25)24-17-16(22)9-15(21)10-23-17)27-19(26)12-7-13-3-2-4-14(8-12)20(13)28-5-6-29-20/h9-14H,2-8H2,1H3,(H,23,24,25). The average Bonchev–Trinajstić information content (AvgIpc) is 3.13. The molecular formula is C20H24Cl2N2O3S2. The zero-order valence-corrected chi connectivity index (χ0v) is 19.3. The zero-order valence-electron chi connectivity index (χ0n) is 16.2. The number of halogens is 2. The zero-order chi connectivity index (χ0) is 20.6. The number of anilines is 1. The summed E-state index contributed by atoms with van der Waals surface area (Å²) in [5.74, 6) is 2.92. The third kappa shape index (κ3) is 4.39. The molecule has 2 aliphatic carbocycles. The summed E-state index contributed by atoms with van der Waals surface area (Å²) in [7, 11) is 0. The highest BCUT2D eigenvalue weighted by molar-refractivity contribution is 8.21. The molecule has 158 valence electrons. The summed E-state index contributed by atoms with van der Waals surface area (Å²) in [6.45, 7) is 1.57. The molecule has 1 spiro atoms. The number of carbonyl (C=O) groups is 2. The van der Waals surface area contributed by atoms with E-state index in [9.17, 15) is 9.59 Å². The molecule has 0 radical (unpaired) electrons. The molecule has 1 amide bonds. The molecule has 9 heteroatoms. The van der Waals surface area contributed by atoms with E-state index in [0.29, 0.717) is 20.9 Å². The Hall–Kier alpha value is -0.630. The van der Waals surface area contributed by atoms with Crippen LogP contribution in [0.2, 0.25) is 10.0 Å². The number of ether oxygens (including phenoxy) is 1. The van der Waals surface area contributed by atoms with E-state index in [4.69, 9.17) is 27.9 Å². The van der Waals surface area contributed by atoms with Gasteiger partial charge in [0, 0.05) is 17.7 Å². The Labute approximate surface area is 189 Å². The molecule has 1 aromatic rings. The van der Waals surface area contributed by atoms with Crippen LogP contribution in [0.5, 0.6) is 0 Å². The van der Waals surface area contributed by atoms with Crippen LogP contribution in [-0.4, -0.2) is 38.5 Å². The lowest BCUT2D eigenvalue weighted by Crippen LogP contribution is -2.48. The lowest BCUT2D eigenvalue weighted by atomic mass is 9.67. The maximum absolute atomic E-state index is 12.8. The largest absolute Gasteiger partial charge is 0.452 e. The third-order valence-electron chi connectivity index (χ3n) is 6.16. The number of aromatic nitrogens is 1. The number of thioether (sulfide) groups is 2. The first-order valence-electron chi connectivity index (χ1n) is 9.99. The van der Waals surface area contributed by atoms with Crippen LogP contribution in [0, 0.1) is 17.8 Å². The monoisotopic (exact) mass is 474 g/mol. The van der Waals surface area contributed by atoms with E-state index in [2.05, 4.69) is 33.8 Å². The van der Waals surface area contributed by atoms with Crippen molar-refractivity contribution in [2.24, 2.45) is 17.8 Å². The minimum Gasteiger partial charge on any atom is -0.452 e. The van der Waals surface area contributed by atoms with E-state index in [0.717, 1.165) is 12.8 Å². The number of nitrogens with one attached hydrogen (secondary N) is 1. The van der Waals surface area contributed by atoms with Gasteiger partial charge in [-0.15, -0.1) is 23.5 Å². The predicted octanol–water partition coefficient (Wildman–Crippen LogP) is 5.26. The van der Waals surface area contributed by atoms with Gasteiger partial charge in [-0.25, -0.2) is 4.98 Å². The maximum atomic E-state index is 12.8. The summed E-state index contributed by atoms with van der Waals surface area (Å²) >= 11 is 16.1. The molecule has 2 heterocycles. The maximum Gasteiger partial charge on any atom is 0.309 e. The first-order valence-corrected chi connectivity index (χ1v) is 12.7. The van der Waals surface area contributed by atoms with Gasteiger partial charge >= 0.3 is 5.97 Å². The van der Waals surface area contributed by atoms with Gasteiger partial charge in [-0.05, 0) is 50.5 Å². The molecule has 3 atom stereocenters. The van der Waals surface area contributed by atoms with Crippen molar-refractivity contribution in [3.63, 3.8) is 0 Å². The molecule has 3 unspecified atom stereocenters. The SMILES string of the molecule is CC(OC(=O)C1CC2CCCC(C1)C21SCCS1)C(=O)Nc1ncc(Cl)cc1Cl. The highest BCUT2D eigenvalue weighted by atomic mass is 35.5. The molecule has 1 aromatic heterocycles. The van der Waals surface area contributed by atoms with Crippen molar-refractivity contribution in [3.8, 4) is 0 Å². The fourth-order valence-electron chi connectivity index (χ4n) is 4.85. The molecule has 4 rings (SSSR count). The molecule has 0 aromatic carbocycles. The van der Waals surface area contributed by atoms with Gasteiger partial charge in [-0.1, -0.05) is 29.6 Å². The first kappa shape index (κ1) is 21.6. The molecule has 1 aliphatic heterocycles. The van der Waals surface area contributed by atoms with E-state index in [1.165, 1.54) is 43.0 Å². The smallest absolute Gasteiger partial charge is 0.309 e. The first-order chi connectivity index (χ1) is 13.9. The summed E-state index contributed by atoms with van der Waals surface area (Å²) in [5, 5.41) is 3.22. The number of pyridine rings is 1. The van der Waals surface area contributed by atoms with E-state index in [1.54, 1.807) is 6.92 Å². The highest BCUT2D eigenvalue weighted by Crippen LogP contribution is 2.64. The summed E-state index contributed by atoms with van der Waals surface area (Å²) < 4.78 is 5.86. The van der Waals surface area contributed by atoms with Crippen LogP contribution < -0.4 is 5.32 Å². The normalized spacial score (nSPS) is 28.7. The molecule has 2 saturated carbocycles. The minimum atomic E-state index is -0.915. The van der Waals surface area contributed by atoms with Gasteiger partial charge in [0.2, 0.25) is 0 Å². The lowest BCUT2D eigenvalue weighted by Gasteiger charge is -2.51. The number of hydrogen-bond donors (Lipinski definition) is 1. The van der Waals surface area contributed by atoms with Gasteiger partial charge in [0.15, 0.2) is 11.9 Å². The van der Waals surface area contributed by atoms with Crippen LogP contribution in [0.15, 0.2) is 12.3 Å². The quantitative estimate of drug-likeness (QED) is 0.599. The van der Waals surface area contributed by atoms with Crippen LogP contribution in [0.4, 0.5) is 5.82 Å². The Bertz CT molecular complexity index is 788. The fraction of sp³-hybridized carbons (Fsp3) is 0.650. The topological polar surface area (TPSA) is 68.3 Å². The number of rotatable bonds is 4. The number of carbonyl (C=O) groups excluding carboxylic acids is 2. The lowest BCUT2D eigenvalue weighted by molar-refractivity contribution is -0.159. The van der Waals surface area contributed by atoms with Crippen LogP contribution in [-0.2, 0) is 14.3 Å². The molecule has 2 bridgehead atoms. The number of esters is 1. The fourth-order valence-corrected chi connectivity index (χ4v) is 9.21. The number of amides is 1. The second kappa shape index (κ2) is 8.85. The van der Waals surface area contributed by atoms with E-state index in [-0.39, 0.29) is 22.7 Å². The second-order valence-electron chi connectivity index (χ2n) is 7.96. The van der Waals surface area contributed by atoms with Crippen molar-refractivity contribution in [3.05, 3.63) is 22.3 Å². The van der Waals surface area contributed by atoms with Crippen molar-refractivity contribution >= 4 is 64.4 Å². The van der Waals surface area contributed by atoms with Crippen LogP contribution in [0.1, 0.15) is 39.0 Å². The van der Waals surface area contributed by atoms with Crippen molar-refractivity contribution in [1.29, 1.82) is 0 Å². The summed E-state index contributed by atoms with van der Waals surface area (Å²) in [6, 6.07) is 1.50. The van der Waals surface area contributed by atoms with E-state index < -0.39 is 12.0 Å². The van der Waals surface area contributed by atoms with Gasteiger partial charge in [-0.3, -0.25) is 9.59 Å². The van der Waals surface area contributed by atoms with E-state index >= 15 is 0 Å². The highest BCUT2D eigenvalue weighted by Gasteiger charge is 2.55. The van der Waals surface area contributed by atoms with E-state index in [1.807, 2.05) is 0 Å². The Morgan fingerprint density at radius 2 is 1.90 bits per heavy atom. The Morgan fingerprint density at radius 1 is 1.24 bits per heavy atom. The average molecular weight is 475 g/mol. The van der Waals surface area contributed by atoms with Gasteiger partial charge in [0.05, 0.1) is 20.0 Å². The van der Waals surface area contributed by atoms with Gasteiger partial charge in [0.25, 0.3) is 5.91 Å². The van der Waals surface area contributed by atoms with Gasteiger partial charge in [0.1, 0.15) is 0 Å². The number of nitrogens with zero attached hydrogens (tertiary/aromatic N) is 1. The second-order valence-corrected chi connectivity index (χ2v) is 11.8. The van der Waals surface area contributed by atoms with Crippen molar-refractivity contribution in [1.82, 2.24) is 4.98 Å². The van der Waals surface area contributed by atoms with Gasteiger partial charge < -0.3 is 10.1 Å². The Kier molecular flexibility index (Phi) is 6.59. The van der Waals surface area contributed by atoms with Crippen molar-refractivity contribution in [2.45, 2.75) is 49.2 Å². The molecule has 3 aliphatic rings. The van der Waals surface area contributed by atoms with Crippen LogP contribution >= 0.6 is 46.7 Å². The minimum absolute atomic E-state index is 0.120. The summed E-state index contributed by atoms with van der Waals surface area (Å²) in [5.41, 5.74) is 0. The third-order valence-corrected chi connectivity index (χ3v) is 10.7. The van der Waals surface area contributed by atoms with Crippen molar-refractivity contribution < 1.29 is 14.3 Å². The Balaban J connectivity index is 1.36. The molecule has 5 nitrogen and oxygen atoms in total. The Morgan fingerprint density at radius 3 is 2.52 bits per heavy atom. The predicted molar refractivity (Wildman–Crippen MR) is 120 cm³/mol. The van der Waals surface area contributed by atoms with Crippen molar-refractivity contribution in [2.75, 3.05) is 16.8 Å². The molecular weight excluding hydrogens is 451 g/mol. The number of hydrogen-bond acceptors (Lipinski definition) is 6. The molecule has 1 saturated heterocycles. The molecule has 1 N–H and O–H groups in total. The summed E-state index contributed by atoms with van der Waals surface area (Å²) in [6.07, 6.45) is 5.86. The van der Waals surface area contributed by atoms with Crippen LogP contribution in [0.25, 0.3) is 0 Å². The molecule has 3 fully saturated rings.